The van der Waals surface area contributed by atoms with Crippen molar-refractivity contribution in [3.63, 3.8) is 0 Å². The van der Waals surface area contributed by atoms with Gasteiger partial charge >= 0.3 is 5.97 Å². The molecule has 5 rings (SSSR count). The van der Waals surface area contributed by atoms with E-state index in [1.165, 1.54) is 37.3 Å². The van der Waals surface area contributed by atoms with Gasteiger partial charge in [-0.05, 0) is 42.9 Å². The molecule has 0 aliphatic carbocycles. The Labute approximate surface area is 142 Å². The lowest BCUT2D eigenvalue weighted by molar-refractivity contribution is -0.145. The van der Waals surface area contributed by atoms with E-state index in [0.29, 0.717) is 24.5 Å². The number of carbonyl (C=O) groups excluding carboxylic acids is 1. The third kappa shape index (κ3) is 2.81. The van der Waals surface area contributed by atoms with Gasteiger partial charge < -0.3 is 4.74 Å². The summed E-state index contributed by atoms with van der Waals surface area (Å²) < 4.78 is 5.39. The van der Waals surface area contributed by atoms with Gasteiger partial charge in [-0.1, -0.05) is 35.4 Å². The fraction of sp³-hybridized carbons (Fsp3) is 0.526. The highest BCUT2D eigenvalue weighted by molar-refractivity contribution is 6.30. The quantitative estimate of drug-likeness (QED) is 0.790. The number of nitrogens with zero attached hydrogens (tertiary/aromatic N) is 1. The first-order chi connectivity index (χ1) is 11.1. The molecule has 4 saturated heterocycles. The maximum absolute atomic E-state index is 11.2. The molecule has 4 fully saturated rings. The number of ether oxygens (including phenoxy) is 1. The predicted molar refractivity (Wildman–Crippen MR) is 91.2 cm³/mol. The summed E-state index contributed by atoms with van der Waals surface area (Å²) >= 11 is 6.11. The summed E-state index contributed by atoms with van der Waals surface area (Å²) in [7, 11) is 0. The summed E-state index contributed by atoms with van der Waals surface area (Å²) in [4.78, 5) is 13.9. The van der Waals surface area contributed by atoms with Crippen molar-refractivity contribution in [1.29, 1.82) is 0 Å². The molecular weight excluding hydrogens is 310 g/mol. The number of carbonyl (C=O) groups is 1. The van der Waals surface area contributed by atoms with Crippen molar-refractivity contribution in [3.8, 4) is 0 Å². The van der Waals surface area contributed by atoms with Crippen molar-refractivity contribution in [1.82, 2.24) is 4.90 Å². The van der Waals surface area contributed by atoms with Gasteiger partial charge in [0.05, 0.1) is 6.61 Å². The summed E-state index contributed by atoms with van der Waals surface area (Å²) in [5, 5.41) is 0.775. The lowest BCUT2D eigenvalue weighted by Crippen LogP contribution is -2.57. The van der Waals surface area contributed by atoms with Crippen molar-refractivity contribution in [2.75, 3.05) is 13.2 Å². The van der Waals surface area contributed by atoms with Gasteiger partial charge in [-0.25, -0.2) is 0 Å². The van der Waals surface area contributed by atoms with Crippen LogP contribution in [0.3, 0.4) is 0 Å². The number of rotatable bonds is 3. The summed E-state index contributed by atoms with van der Waals surface area (Å²) in [5.74, 6) is 0.809. The topological polar surface area (TPSA) is 29.5 Å². The molecule has 3 nitrogen and oxygen atoms in total. The van der Waals surface area contributed by atoms with Gasteiger partial charge in [-0.15, -0.1) is 0 Å². The lowest BCUT2D eigenvalue weighted by Gasteiger charge is -2.51. The van der Waals surface area contributed by atoms with Gasteiger partial charge in [-0.2, -0.15) is 0 Å². The maximum atomic E-state index is 11.2. The second-order valence-electron chi connectivity index (χ2n) is 7.05. The SMILES string of the molecule is CC(=O)OCC1C2CC3CCC1N3C/C2=C\c1cccc(Cl)c1. The van der Waals surface area contributed by atoms with Crippen molar-refractivity contribution in [3.05, 3.63) is 40.4 Å². The molecule has 0 spiro atoms. The van der Waals surface area contributed by atoms with Crippen LogP contribution in [0.5, 0.6) is 0 Å². The highest BCUT2D eigenvalue weighted by atomic mass is 35.5. The minimum Gasteiger partial charge on any atom is -0.465 e. The van der Waals surface area contributed by atoms with Crippen LogP contribution in [0.1, 0.15) is 31.7 Å². The molecule has 5 unspecified atom stereocenters. The van der Waals surface area contributed by atoms with E-state index in [9.17, 15) is 4.79 Å². The minimum atomic E-state index is -0.170. The van der Waals surface area contributed by atoms with Crippen molar-refractivity contribution in [2.45, 2.75) is 38.3 Å². The highest BCUT2D eigenvalue weighted by Crippen LogP contribution is 2.50. The molecule has 1 aromatic carbocycles. The number of fused-ring (bicyclic) bond motifs is 1. The van der Waals surface area contributed by atoms with E-state index in [4.69, 9.17) is 16.3 Å². The molecule has 4 heterocycles. The van der Waals surface area contributed by atoms with Crippen LogP contribution in [-0.4, -0.2) is 36.1 Å². The molecule has 4 bridgehead atoms. The van der Waals surface area contributed by atoms with E-state index in [0.717, 1.165) is 17.6 Å². The Balaban J connectivity index is 1.61. The number of halogens is 1. The Hall–Kier alpha value is -1.32. The van der Waals surface area contributed by atoms with Crippen molar-refractivity contribution >= 4 is 23.6 Å². The molecule has 0 saturated carbocycles. The van der Waals surface area contributed by atoms with Crippen molar-refractivity contribution in [2.24, 2.45) is 11.8 Å². The third-order valence-corrected chi connectivity index (χ3v) is 5.98. The van der Waals surface area contributed by atoms with Crippen LogP contribution in [0.2, 0.25) is 5.02 Å². The van der Waals surface area contributed by atoms with Gasteiger partial charge in [0.25, 0.3) is 0 Å². The molecule has 23 heavy (non-hydrogen) atoms. The van der Waals surface area contributed by atoms with E-state index in [1.807, 2.05) is 18.2 Å². The Morgan fingerprint density at radius 3 is 3.09 bits per heavy atom. The number of hydrogen-bond acceptors (Lipinski definition) is 3. The molecule has 0 N–H and O–H groups in total. The molecular formula is C19H22ClNO2. The van der Waals surface area contributed by atoms with E-state index in [2.05, 4.69) is 17.0 Å². The van der Waals surface area contributed by atoms with E-state index < -0.39 is 0 Å². The van der Waals surface area contributed by atoms with Crippen LogP contribution < -0.4 is 0 Å². The third-order valence-electron chi connectivity index (χ3n) is 5.75. The molecule has 0 aromatic heterocycles. The molecule has 1 aromatic rings. The van der Waals surface area contributed by atoms with Crippen LogP contribution in [-0.2, 0) is 9.53 Å². The van der Waals surface area contributed by atoms with Crippen LogP contribution in [0.4, 0.5) is 0 Å². The first-order valence-electron chi connectivity index (χ1n) is 8.47. The molecule has 4 heteroatoms. The maximum Gasteiger partial charge on any atom is 0.302 e. The smallest absolute Gasteiger partial charge is 0.302 e. The number of esters is 1. The molecule has 5 atom stereocenters. The van der Waals surface area contributed by atoms with Gasteiger partial charge in [-0.3, -0.25) is 9.69 Å². The predicted octanol–water partition coefficient (Wildman–Crippen LogP) is 3.77. The van der Waals surface area contributed by atoms with Crippen LogP contribution in [0, 0.1) is 11.8 Å². The largest absolute Gasteiger partial charge is 0.465 e. The van der Waals surface area contributed by atoms with Gasteiger partial charge in [0.15, 0.2) is 0 Å². The Morgan fingerprint density at radius 2 is 2.30 bits per heavy atom. The Morgan fingerprint density at radius 1 is 1.43 bits per heavy atom. The zero-order chi connectivity index (χ0) is 16.0. The first-order valence-corrected chi connectivity index (χ1v) is 8.85. The lowest BCUT2D eigenvalue weighted by atomic mass is 9.71. The standard InChI is InChI=1S/C19H22ClNO2/c1-12(22)23-11-18-17-9-16-5-6-19(18)21(16)10-14(17)7-13-3-2-4-15(20)8-13/h2-4,7-8,16-19H,5-6,9-11H2,1H3/b14-7+. The molecule has 122 valence electrons. The average molecular weight is 332 g/mol. The second kappa shape index (κ2) is 5.95. The number of piperidine rings is 3. The minimum absolute atomic E-state index is 0.170. The highest BCUT2D eigenvalue weighted by Gasteiger charge is 2.52. The van der Waals surface area contributed by atoms with Crippen LogP contribution in [0.25, 0.3) is 6.08 Å². The summed E-state index contributed by atoms with van der Waals surface area (Å²) in [5.41, 5.74) is 2.64. The molecule has 0 amide bonds. The Kier molecular flexibility index (Phi) is 3.94. The number of benzene rings is 1. The fourth-order valence-corrected chi connectivity index (χ4v) is 5.02. The zero-order valence-corrected chi connectivity index (χ0v) is 14.1. The summed E-state index contributed by atoms with van der Waals surface area (Å²) in [6.45, 7) is 3.12. The van der Waals surface area contributed by atoms with Gasteiger partial charge in [0.1, 0.15) is 0 Å². The average Bonchev–Trinajstić information content (AvgIpc) is 2.83. The van der Waals surface area contributed by atoms with Crippen LogP contribution in [0.15, 0.2) is 29.8 Å². The van der Waals surface area contributed by atoms with E-state index >= 15 is 0 Å². The van der Waals surface area contributed by atoms with Gasteiger partial charge in [0, 0.05) is 36.5 Å². The monoisotopic (exact) mass is 331 g/mol. The molecule has 4 aliphatic rings. The van der Waals surface area contributed by atoms with E-state index in [-0.39, 0.29) is 5.97 Å². The fourth-order valence-electron chi connectivity index (χ4n) is 4.82. The molecule has 0 radical (unpaired) electrons. The van der Waals surface area contributed by atoms with E-state index in [1.54, 1.807) is 0 Å². The normalized spacial score (nSPS) is 36.4. The van der Waals surface area contributed by atoms with Crippen molar-refractivity contribution < 1.29 is 9.53 Å². The first kappa shape index (κ1) is 15.2. The number of hydrogen-bond donors (Lipinski definition) is 0. The second-order valence-corrected chi connectivity index (χ2v) is 7.49. The summed E-state index contributed by atoms with van der Waals surface area (Å²) in [6.07, 6.45) is 6.04. The molecule has 4 aliphatic heterocycles. The van der Waals surface area contributed by atoms with Gasteiger partial charge in [0.2, 0.25) is 0 Å². The Bertz CT molecular complexity index is 657. The summed E-state index contributed by atoms with van der Waals surface area (Å²) in [6, 6.07) is 9.35. The van der Waals surface area contributed by atoms with Crippen LogP contribution >= 0.6 is 11.6 Å². The zero-order valence-electron chi connectivity index (χ0n) is 13.4.